The first kappa shape index (κ1) is 19.3. The lowest BCUT2D eigenvalue weighted by molar-refractivity contribution is -0.140. The molecule has 0 spiro atoms. The molecule has 30 heavy (non-hydrogen) atoms. The third kappa shape index (κ3) is 3.78. The van der Waals surface area contributed by atoms with Gasteiger partial charge in [-0.1, -0.05) is 53.7 Å². The van der Waals surface area contributed by atoms with Crippen LogP contribution in [0.15, 0.2) is 90.2 Å². The lowest BCUT2D eigenvalue weighted by Gasteiger charge is -2.07. The fourth-order valence-corrected chi connectivity index (χ4v) is 3.39. The molecule has 148 valence electrons. The van der Waals surface area contributed by atoms with Crippen molar-refractivity contribution in [2.24, 2.45) is 5.16 Å². The predicted octanol–water partition coefficient (Wildman–Crippen LogP) is 5.15. The van der Waals surface area contributed by atoms with Crippen LogP contribution >= 0.6 is 0 Å². The predicted molar refractivity (Wildman–Crippen MR) is 117 cm³/mol. The van der Waals surface area contributed by atoms with Crippen molar-refractivity contribution >= 4 is 28.4 Å². The summed E-state index contributed by atoms with van der Waals surface area (Å²) < 4.78 is 2.04. The number of nitrogens with zero attached hydrogens (tertiary/aromatic N) is 2. The molecule has 0 aliphatic heterocycles. The number of benzene rings is 3. The van der Waals surface area contributed by atoms with Crippen LogP contribution in [0.3, 0.4) is 0 Å². The fraction of sp³-hybridized carbons (Fsp3) is 0.0800. The highest BCUT2D eigenvalue weighted by Crippen LogP contribution is 2.26. The van der Waals surface area contributed by atoms with Gasteiger partial charge in [-0.25, -0.2) is 4.79 Å². The summed E-state index contributed by atoms with van der Waals surface area (Å²) in [6, 6.07) is 24.7. The highest BCUT2D eigenvalue weighted by atomic mass is 16.7. The van der Waals surface area contributed by atoms with E-state index in [1.54, 1.807) is 6.92 Å². The molecule has 0 atom stereocenters. The Morgan fingerprint density at radius 2 is 1.43 bits per heavy atom. The maximum atomic E-state index is 12.7. The average Bonchev–Trinajstić information content (AvgIpc) is 3.17. The van der Waals surface area contributed by atoms with Gasteiger partial charge in [0.2, 0.25) is 0 Å². The van der Waals surface area contributed by atoms with Crippen LogP contribution in [0.4, 0.5) is 0 Å². The number of fused-ring (bicyclic) bond motifs is 1. The van der Waals surface area contributed by atoms with Gasteiger partial charge in [-0.2, -0.15) is 0 Å². The van der Waals surface area contributed by atoms with Gasteiger partial charge in [0.25, 0.3) is 0 Å². The molecule has 0 unspecified atom stereocenters. The highest BCUT2D eigenvalue weighted by Gasteiger charge is 2.14. The molecule has 3 aromatic carbocycles. The Morgan fingerprint density at radius 3 is 2.13 bits per heavy atom. The van der Waals surface area contributed by atoms with Crippen molar-refractivity contribution in [1.82, 2.24) is 4.57 Å². The highest BCUT2D eigenvalue weighted by molar-refractivity contribution is 6.10. The molecule has 0 fully saturated rings. The molecule has 0 aliphatic carbocycles. The Bertz CT molecular complexity index is 1250. The molecule has 0 aliphatic rings. The van der Waals surface area contributed by atoms with Crippen molar-refractivity contribution in [2.75, 3.05) is 0 Å². The van der Waals surface area contributed by atoms with Gasteiger partial charge >= 0.3 is 5.97 Å². The van der Waals surface area contributed by atoms with E-state index >= 15 is 0 Å². The largest absolute Gasteiger partial charge is 0.331 e. The smallest absolute Gasteiger partial charge is 0.318 e. The summed E-state index contributed by atoms with van der Waals surface area (Å²) >= 11 is 0. The first-order chi connectivity index (χ1) is 14.5. The summed E-state index contributed by atoms with van der Waals surface area (Å²) in [4.78, 5) is 28.6. The number of aromatic nitrogens is 1. The number of carbonyl (C=O) groups excluding carboxylic acids is 2. The van der Waals surface area contributed by atoms with E-state index in [0.717, 1.165) is 22.2 Å². The standard InChI is InChI=1S/C25H20N2O3/c1-17(26-30-18(2)28)23-16-27(24-11-7-6-10-22(23)24)21-14-12-20(13-15-21)25(29)19-8-4-3-5-9-19/h3-16H,1-2H3/b26-17+. The van der Waals surface area contributed by atoms with Crippen molar-refractivity contribution in [3.63, 3.8) is 0 Å². The number of rotatable bonds is 5. The van der Waals surface area contributed by atoms with Crippen molar-refractivity contribution in [2.45, 2.75) is 13.8 Å². The molecule has 0 saturated heterocycles. The van der Waals surface area contributed by atoms with Crippen molar-refractivity contribution in [3.05, 3.63) is 102 Å². The molecule has 1 heterocycles. The van der Waals surface area contributed by atoms with Crippen molar-refractivity contribution in [3.8, 4) is 5.69 Å². The Morgan fingerprint density at radius 1 is 0.800 bits per heavy atom. The van der Waals surface area contributed by atoms with Crippen LogP contribution in [-0.2, 0) is 9.63 Å². The quantitative estimate of drug-likeness (QED) is 0.203. The van der Waals surface area contributed by atoms with Crippen LogP contribution in [0, 0.1) is 0 Å². The van der Waals surface area contributed by atoms with E-state index in [0.29, 0.717) is 16.8 Å². The molecule has 4 rings (SSSR count). The summed E-state index contributed by atoms with van der Waals surface area (Å²) in [6.45, 7) is 3.12. The Balaban J connectivity index is 1.72. The van der Waals surface area contributed by atoms with E-state index in [2.05, 4.69) is 5.16 Å². The Labute approximate surface area is 174 Å². The zero-order chi connectivity index (χ0) is 21.1. The van der Waals surface area contributed by atoms with Gasteiger partial charge < -0.3 is 9.40 Å². The van der Waals surface area contributed by atoms with Gasteiger partial charge in [0.15, 0.2) is 5.78 Å². The van der Waals surface area contributed by atoms with Crippen LogP contribution < -0.4 is 0 Å². The Hall–Kier alpha value is -3.99. The summed E-state index contributed by atoms with van der Waals surface area (Å²) in [5.41, 5.74) is 4.69. The third-order valence-corrected chi connectivity index (χ3v) is 4.86. The van der Waals surface area contributed by atoms with Crippen LogP contribution in [0.25, 0.3) is 16.6 Å². The van der Waals surface area contributed by atoms with Crippen molar-refractivity contribution in [1.29, 1.82) is 0 Å². The lowest BCUT2D eigenvalue weighted by atomic mass is 10.0. The number of carbonyl (C=O) groups is 2. The molecular weight excluding hydrogens is 376 g/mol. The van der Waals surface area contributed by atoms with Gasteiger partial charge in [0, 0.05) is 40.9 Å². The summed E-state index contributed by atoms with van der Waals surface area (Å²) in [6.07, 6.45) is 1.96. The van der Waals surface area contributed by atoms with Gasteiger partial charge in [0.05, 0.1) is 11.2 Å². The van der Waals surface area contributed by atoms with Crippen LogP contribution in [0.5, 0.6) is 0 Å². The number of hydrogen-bond acceptors (Lipinski definition) is 4. The van der Waals surface area contributed by atoms with Crippen LogP contribution in [-0.4, -0.2) is 22.0 Å². The second kappa shape index (κ2) is 8.17. The number of hydrogen-bond donors (Lipinski definition) is 0. The Kier molecular flexibility index (Phi) is 5.26. The van der Waals surface area contributed by atoms with Gasteiger partial charge in [0.1, 0.15) is 0 Å². The number of para-hydroxylation sites is 1. The maximum absolute atomic E-state index is 12.7. The molecule has 1 aromatic heterocycles. The molecule has 5 heteroatoms. The van der Waals surface area contributed by atoms with Crippen molar-refractivity contribution < 1.29 is 14.4 Å². The van der Waals surface area contributed by atoms with Gasteiger partial charge in [-0.05, 0) is 37.3 Å². The minimum Gasteiger partial charge on any atom is -0.318 e. The minimum absolute atomic E-state index is 0.00966. The molecule has 0 saturated carbocycles. The molecule has 4 aromatic rings. The summed E-state index contributed by atoms with van der Waals surface area (Å²) in [7, 11) is 0. The van der Waals surface area contributed by atoms with E-state index in [4.69, 9.17) is 4.84 Å². The first-order valence-corrected chi connectivity index (χ1v) is 9.57. The second-order valence-electron chi connectivity index (χ2n) is 6.93. The fourth-order valence-electron chi connectivity index (χ4n) is 3.39. The van der Waals surface area contributed by atoms with Crippen LogP contribution in [0.2, 0.25) is 0 Å². The molecular formula is C25H20N2O3. The zero-order valence-corrected chi connectivity index (χ0v) is 16.7. The van der Waals surface area contributed by atoms with E-state index < -0.39 is 5.97 Å². The normalized spacial score (nSPS) is 11.5. The first-order valence-electron chi connectivity index (χ1n) is 9.57. The van der Waals surface area contributed by atoms with E-state index in [9.17, 15) is 9.59 Å². The topological polar surface area (TPSA) is 60.7 Å². The maximum Gasteiger partial charge on any atom is 0.331 e. The molecule has 0 bridgehead atoms. The molecule has 0 radical (unpaired) electrons. The monoisotopic (exact) mass is 396 g/mol. The SMILES string of the molecule is CC(=O)O/N=C(\C)c1cn(-c2ccc(C(=O)c3ccccc3)cc2)c2ccccc12. The minimum atomic E-state index is -0.461. The number of ketones is 1. The van der Waals surface area contributed by atoms with Gasteiger partial charge in [-0.3, -0.25) is 4.79 Å². The van der Waals surface area contributed by atoms with E-state index in [1.165, 1.54) is 6.92 Å². The molecule has 0 N–H and O–H groups in total. The number of oxime groups is 1. The summed E-state index contributed by atoms with van der Waals surface area (Å²) in [5.74, 6) is -0.471. The summed E-state index contributed by atoms with van der Waals surface area (Å²) in [5, 5.41) is 4.93. The average molecular weight is 396 g/mol. The molecule has 5 nitrogen and oxygen atoms in total. The molecule has 0 amide bonds. The van der Waals surface area contributed by atoms with E-state index in [-0.39, 0.29) is 5.78 Å². The zero-order valence-electron chi connectivity index (χ0n) is 16.7. The van der Waals surface area contributed by atoms with Gasteiger partial charge in [-0.15, -0.1) is 0 Å². The second-order valence-corrected chi connectivity index (χ2v) is 6.93. The lowest BCUT2D eigenvalue weighted by Crippen LogP contribution is -2.01. The van der Waals surface area contributed by atoms with Crippen LogP contribution in [0.1, 0.15) is 35.3 Å². The third-order valence-electron chi connectivity index (χ3n) is 4.86. The van der Waals surface area contributed by atoms with E-state index in [1.807, 2.05) is 89.6 Å².